The van der Waals surface area contributed by atoms with Crippen molar-refractivity contribution in [3.05, 3.63) is 23.8 Å². The molecule has 0 bridgehead atoms. The lowest BCUT2D eigenvalue weighted by atomic mass is 10.2. The number of rotatable bonds is 3. The summed E-state index contributed by atoms with van der Waals surface area (Å²) in [6, 6.07) is 2.71. The van der Waals surface area contributed by atoms with Gasteiger partial charge >= 0.3 is 6.36 Å². The van der Waals surface area contributed by atoms with Gasteiger partial charge < -0.3 is 9.47 Å². The van der Waals surface area contributed by atoms with Crippen LogP contribution in [0, 0.1) is 0 Å². The van der Waals surface area contributed by atoms with E-state index >= 15 is 0 Å². The standard InChI is InChI=1S/C9H7F5O2/c1-15-5-2-3-6(8(10)11)7(4-5)16-9(12,13)14/h2-4,8H,1H3. The van der Waals surface area contributed by atoms with E-state index in [0.717, 1.165) is 18.2 Å². The summed E-state index contributed by atoms with van der Waals surface area (Å²) in [5.41, 5.74) is -0.835. The van der Waals surface area contributed by atoms with Crippen LogP contribution in [0.25, 0.3) is 0 Å². The van der Waals surface area contributed by atoms with Crippen molar-refractivity contribution in [2.75, 3.05) is 7.11 Å². The highest BCUT2D eigenvalue weighted by Crippen LogP contribution is 2.35. The zero-order valence-corrected chi connectivity index (χ0v) is 8.02. The summed E-state index contributed by atoms with van der Waals surface area (Å²) in [6.07, 6.45) is -8.07. The number of hydrogen-bond acceptors (Lipinski definition) is 2. The van der Waals surface area contributed by atoms with Crippen LogP contribution in [0.15, 0.2) is 18.2 Å². The molecule has 0 unspecified atom stereocenters. The van der Waals surface area contributed by atoms with Gasteiger partial charge in [0.05, 0.1) is 12.7 Å². The van der Waals surface area contributed by atoms with Crippen LogP contribution in [0.2, 0.25) is 0 Å². The molecular weight excluding hydrogens is 235 g/mol. The first kappa shape index (κ1) is 12.5. The maximum Gasteiger partial charge on any atom is 0.573 e. The Labute approximate surface area is 87.6 Å². The molecule has 7 heteroatoms. The summed E-state index contributed by atoms with van der Waals surface area (Å²) < 4.78 is 68.5. The van der Waals surface area contributed by atoms with Crippen LogP contribution in [-0.2, 0) is 0 Å². The van der Waals surface area contributed by atoms with Crippen LogP contribution in [0.5, 0.6) is 11.5 Å². The summed E-state index contributed by atoms with van der Waals surface area (Å²) in [4.78, 5) is 0. The van der Waals surface area contributed by atoms with E-state index in [1.54, 1.807) is 0 Å². The second-order valence-corrected chi connectivity index (χ2v) is 2.75. The van der Waals surface area contributed by atoms with Crippen LogP contribution in [0.1, 0.15) is 12.0 Å². The molecule has 16 heavy (non-hydrogen) atoms. The first-order valence-electron chi connectivity index (χ1n) is 4.05. The molecule has 1 rings (SSSR count). The normalized spacial score (nSPS) is 11.7. The zero-order valence-electron chi connectivity index (χ0n) is 8.02. The van der Waals surface area contributed by atoms with Crippen molar-refractivity contribution in [3.63, 3.8) is 0 Å². The van der Waals surface area contributed by atoms with Crippen molar-refractivity contribution in [3.8, 4) is 11.5 Å². The number of methoxy groups -OCH3 is 1. The van der Waals surface area contributed by atoms with Gasteiger partial charge in [-0.05, 0) is 12.1 Å². The predicted octanol–water partition coefficient (Wildman–Crippen LogP) is 3.53. The van der Waals surface area contributed by atoms with E-state index in [9.17, 15) is 22.0 Å². The van der Waals surface area contributed by atoms with Crippen molar-refractivity contribution in [1.29, 1.82) is 0 Å². The molecule has 0 aliphatic rings. The lowest BCUT2D eigenvalue weighted by molar-refractivity contribution is -0.275. The number of benzene rings is 1. The van der Waals surface area contributed by atoms with Crippen LogP contribution in [0.3, 0.4) is 0 Å². The van der Waals surface area contributed by atoms with E-state index in [1.807, 2.05) is 0 Å². The van der Waals surface area contributed by atoms with Gasteiger partial charge in [-0.2, -0.15) is 0 Å². The second kappa shape index (κ2) is 4.54. The SMILES string of the molecule is COc1ccc(C(F)F)c(OC(F)(F)F)c1. The van der Waals surface area contributed by atoms with E-state index in [0.29, 0.717) is 0 Å². The highest BCUT2D eigenvalue weighted by atomic mass is 19.4. The first-order valence-corrected chi connectivity index (χ1v) is 4.05. The van der Waals surface area contributed by atoms with E-state index in [1.165, 1.54) is 7.11 Å². The minimum absolute atomic E-state index is 0.00338. The molecule has 0 spiro atoms. The summed E-state index contributed by atoms with van der Waals surface area (Å²) in [5, 5.41) is 0. The van der Waals surface area contributed by atoms with Gasteiger partial charge in [-0.3, -0.25) is 0 Å². The lowest BCUT2D eigenvalue weighted by Gasteiger charge is -2.13. The van der Waals surface area contributed by atoms with Crippen molar-refractivity contribution >= 4 is 0 Å². The molecule has 0 saturated carbocycles. The largest absolute Gasteiger partial charge is 0.573 e. The third-order valence-corrected chi connectivity index (χ3v) is 1.68. The Balaban J connectivity index is 3.10. The molecule has 0 N–H and O–H groups in total. The van der Waals surface area contributed by atoms with Gasteiger partial charge in [0.15, 0.2) is 0 Å². The maximum absolute atomic E-state index is 12.4. The van der Waals surface area contributed by atoms with Gasteiger partial charge in [-0.1, -0.05) is 0 Å². The Hall–Kier alpha value is -1.53. The molecule has 0 fully saturated rings. The number of halogens is 5. The maximum atomic E-state index is 12.4. The summed E-state index contributed by atoms with van der Waals surface area (Å²) in [7, 11) is 1.20. The Kier molecular flexibility index (Phi) is 3.56. The average molecular weight is 242 g/mol. The Morgan fingerprint density at radius 2 is 1.81 bits per heavy atom. The van der Waals surface area contributed by atoms with Crippen LogP contribution < -0.4 is 9.47 Å². The van der Waals surface area contributed by atoms with E-state index in [2.05, 4.69) is 9.47 Å². The van der Waals surface area contributed by atoms with Gasteiger partial charge in [0.2, 0.25) is 0 Å². The third-order valence-electron chi connectivity index (χ3n) is 1.68. The fourth-order valence-corrected chi connectivity index (χ4v) is 1.04. The van der Waals surface area contributed by atoms with Crippen LogP contribution in [-0.4, -0.2) is 13.5 Å². The summed E-state index contributed by atoms with van der Waals surface area (Å²) >= 11 is 0. The fraction of sp³-hybridized carbons (Fsp3) is 0.333. The van der Waals surface area contributed by atoms with E-state index in [4.69, 9.17) is 0 Å². The third kappa shape index (κ3) is 3.25. The van der Waals surface area contributed by atoms with Gasteiger partial charge in [0.1, 0.15) is 11.5 Å². The zero-order chi connectivity index (χ0) is 12.3. The minimum Gasteiger partial charge on any atom is -0.497 e. The molecule has 90 valence electrons. The molecule has 0 amide bonds. The molecular formula is C9H7F5O2. The van der Waals surface area contributed by atoms with E-state index in [-0.39, 0.29) is 5.75 Å². The Bertz CT molecular complexity index is 361. The monoisotopic (exact) mass is 242 g/mol. The minimum atomic E-state index is -5.02. The first-order chi connectivity index (χ1) is 7.33. The highest BCUT2D eigenvalue weighted by Gasteiger charge is 2.33. The second-order valence-electron chi connectivity index (χ2n) is 2.75. The molecule has 1 aromatic carbocycles. The van der Waals surface area contributed by atoms with Crippen molar-refractivity contribution in [1.82, 2.24) is 0 Å². The predicted molar refractivity (Wildman–Crippen MR) is 44.6 cm³/mol. The molecule has 0 saturated heterocycles. The van der Waals surface area contributed by atoms with Gasteiger partial charge in [0, 0.05) is 6.07 Å². The van der Waals surface area contributed by atoms with Crippen LogP contribution >= 0.6 is 0 Å². The molecule has 0 atom stereocenters. The molecule has 0 radical (unpaired) electrons. The van der Waals surface area contributed by atoms with Gasteiger partial charge in [0.25, 0.3) is 6.43 Å². The number of hydrogen-bond donors (Lipinski definition) is 0. The molecule has 0 heterocycles. The van der Waals surface area contributed by atoms with Crippen molar-refractivity contribution < 1.29 is 31.4 Å². The lowest BCUT2D eigenvalue weighted by Crippen LogP contribution is -2.18. The molecule has 0 aliphatic carbocycles. The van der Waals surface area contributed by atoms with Crippen molar-refractivity contribution in [2.45, 2.75) is 12.8 Å². The topological polar surface area (TPSA) is 18.5 Å². The van der Waals surface area contributed by atoms with Gasteiger partial charge in [-0.25, -0.2) is 8.78 Å². The smallest absolute Gasteiger partial charge is 0.497 e. The molecule has 0 aliphatic heterocycles. The molecule has 2 nitrogen and oxygen atoms in total. The Morgan fingerprint density at radius 3 is 2.25 bits per heavy atom. The quantitative estimate of drug-likeness (QED) is 0.755. The van der Waals surface area contributed by atoms with E-state index < -0.39 is 24.1 Å². The molecule has 1 aromatic rings. The van der Waals surface area contributed by atoms with Crippen molar-refractivity contribution in [2.24, 2.45) is 0 Å². The molecule has 0 aromatic heterocycles. The fourth-order valence-electron chi connectivity index (χ4n) is 1.04. The number of alkyl halides is 5. The summed E-state index contributed by atoms with van der Waals surface area (Å²) in [6.45, 7) is 0. The Morgan fingerprint density at radius 1 is 1.19 bits per heavy atom. The average Bonchev–Trinajstić information content (AvgIpc) is 2.14. The van der Waals surface area contributed by atoms with Crippen LogP contribution in [0.4, 0.5) is 22.0 Å². The number of ether oxygens (including phenoxy) is 2. The highest BCUT2D eigenvalue weighted by molar-refractivity contribution is 5.41. The van der Waals surface area contributed by atoms with Gasteiger partial charge in [-0.15, -0.1) is 13.2 Å². The summed E-state index contributed by atoms with van der Waals surface area (Å²) in [5.74, 6) is -0.953.